The molecule has 0 saturated heterocycles. The summed E-state index contributed by atoms with van der Waals surface area (Å²) in [6.07, 6.45) is 0. The maximum absolute atomic E-state index is 5.55. The summed E-state index contributed by atoms with van der Waals surface area (Å²) in [5, 5.41) is 0. The Morgan fingerprint density at radius 2 is 2.00 bits per heavy atom. The van der Waals surface area contributed by atoms with Crippen LogP contribution in [0.25, 0.3) is 0 Å². The second kappa shape index (κ2) is 3.53. The van der Waals surface area contributed by atoms with Crippen molar-refractivity contribution in [3.05, 3.63) is 5.82 Å². The smallest absolute Gasteiger partial charge is 0.229 e. The number of nitrogens with two attached hydrogens (primary N) is 1. The van der Waals surface area contributed by atoms with E-state index in [1.54, 1.807) is 4.90 Å². The molecule has 6 heteroatoms. The van der Waals surface area contributed by atoms with Crippen LogP contribution in [0, 0.1) is 0 Å². The van der Waals surface area contributed by atoms with Gasteiger partial charge >= 0.3 is 0 Å². The quantitative estimate of drug-likeness (QED) is 0.673. The predicted octanol–water partition coefficient (Wildman–Crippen LogP) is 0.259. The van der Waals surface area contributed by atoms with E-state index in [4.69, 9.17) is 17.3 Å². The predicted molar refractivity (Wildman–Crippen MR) is 48.1 cm³/mol. The van der Waals surface area contributed by atoms with Crippen molar-refractivity contribution >= 4 is 23.5 Å². The molecule has 0 bridgehead atoms. The van der Waals surface area contributed by atoms with Gasteiger partial charge in [0.2, 0.25) is 11.9 Å². The molecule has 5 nitrogen and oxygen atoms in total. The van der Waals surface area contributed by atoms with E-state index in [0.29, 0.717) is 11.8 Å². The molecule has 0 spiro atoms. The molecule has 0 unspecified atom stereocenters. The number of nitrogens with zero attached hydrogens (tertiary/aromatic N) is 4. The summed E-state index contributed by atoms with van der Waals surface area (Å²) in [5.74, 6) is 1.46. The third-order valence-corrected chi connectivity index (χ3v) is 1.45. The highest BCUT2D eigenvalue weighted by Crippen LogP contribution is 2.06. The van der Waals surface area contributed by atoms with Crippen molar-refractivity contribution < 1.29 is 0 Å². The summed E-state index contributed by atoms with van der Waals surface area (Å²) in [6, 6.07) is 0. The lowest BCUT2D eigenvalue weighted by Gasteiger charge is -2.10. The lowest BCUT2D eigenvalue weighted by Crippen LogP contribution is -2.15. The van der Waals surface area contributed by atoms with Gasteiger partial charge in [-0.2, -0.15) is 15.0 Å². The van der Waals surface area contributed by atoms with Gasteiger partial charge in [0.1, 0.15) is 0 Å². The van der Waals surface area contributed by atoms with Gasteiger partial charge in [-0.1, -0.05) is 0 Å². The zero-order valence-electron chi connectivity index (χ0n) is 6.95. The number of alkyl halides is 1. The van der Waals surface area contributed by atoms with Crippen molar-refractivity contribution in [2.75, 3.05) is 24.7 Å². The van der Waals surface area contributed by atoms with E-state index < -0.39 is 0 Å². The zero-order valence-corrected chi connectivity index (χ0v) is 7.71. The summed E-state index contributed by atoms with van der Waals surface area (Å²) in [7, 11) is 3.65. The van der Waals surface area contributed by atoms with Crippen LogP contribution in [0.2, 0.25) is 0 Å². The van der Waals surface area contributed by atoms with E-state index in [9.17, 15) is 0 Å². The van der Waals surface area contributed by atoms with Crippen molar-refractivity contribution in [1.82, 2.24) is 15.0 Å². The van der Waals surface area contributed by atoms with Gasteiger partial charge in [-0.3, -0.25) is 0 Å². The molecule has 0 radical (unpaired) electrons. The van der Waals surface area contributed by atoms with Crippen LogP contribution in [0.15, 0.2) is 0 Å². The molecule has 66 valence electrons. The van der Waals surface area contributed by atoms with Gasteiger partial charge in [-0.25, -0.2) is 0 Å². The molecule has 0 amide bonds. The van der Waals surface area contributed by atoms with Crippen LogP contribution in [0.3, 0.4) is 0 Å². The molecule has 0 aliphatic heterocycles. The maximum atomic E-state index is 5.55. The van der Waals surface area contributed by atoms with E-state index in [-0.39, 0.29) is 11.8 Å². The Bertz CT molecular complexity index is 275. The summed E-state index contributed by atoms with van der Waals surface area (Å²) >= 11 is 5.55. The number of halogens is 1. The van der Waals surface area contributed by atoms with Crippen molar-refractivity contribution in [3.63, 3.8) is 0 Å². The first-order chi connectivity index (χ1) is 5.63. The second-order valence-electron chi connectivity index (χ2n) is 2.44. The molecule has 1 aromatic heterocycles. The van der Waals surface area contributed by atoms with Crippen LogP contribution < -0.4 is 10.6 Å². The zero-order chi connectivity index (χ0) is 9.14. The number of anilines is 2. The molecule has 0 saturated carbocycles. The van der Waals surface area contributed by atoms with Crippen LogP contribution in [0.5, 0.6) is 0 Å². The van der Waals surface area contributed by atoms with Gasteiger partial charge in [-0.05, 0) is 0 Å². The van der Waals surface area contributed by atoms with Gasteiger partial charge in [0.25, 0.3) is 0 Å². The number of rotatable bonds is 2. The number of nitrogen functional groups attached to an aromatic ring is 1. The second-order valence-corrected chi connectivity index (χ2v) is 2.71. The molecule has 0 atom stereocenters. The minimum absolute atomic E-state index is 0.198. The Morgan fingerprint density at radius 1 is 1.33 bits per heavy atom. The Morgan fingerprint density at radius 3 is 2.50 bits per heavy atom. The number of hydrogen-bond donors (Lipinski definition) is 1. The van der Waals surface area contributed by atoms with Gasteiger partial charge in [0.15, 0.2) is 5.82 Å². The number of hydrogen-bond acceptors (Lipinski definition) is 5. The summed E-state index contributed by atoms with van der Waals surface area (Å²) in [5.41, 5.74) is 5.43. The molecule has 0 aliphatic rings. The molecule has 0 aromatic carbocycles. The fourth-order valence-corrected chi connectivity index (χ4v) is 0.804. The standard InChI is InChI=1S/C6H10ClN5/c1-12(2)6-10-4(3-7)9-5(8)11-6/h3H2,1-2H3,(H2,8,9,10,11). The Hall–Kier alpha value is -1.10. The Balaban J connectivity index is 3.06. The molecule has 1 heterocycles. The van der Waals surface area contributed by atoms with Crippen LogP contribution in [0.1, 0.15) is 5.82 Å². The van der Waals surface area contributed by atoms with E-state index in [1.165, 1.54) is 0 Å². The summed E-state index contributed by atoms with van der Waals surface area (Å²) < 4.78 is 0. The number of aromatic nitrogens is 3. The molecule has 1 aromatic rings. The SMILES string of the molecule is CN(C)c1nc(N)nc(CCl)n1. The summed E-state index contributed by atoms with van der Waals surface area (Å²) in [6.45, 7) is 0. The monoisotopic (exact) mass is 187 g/mol. The van der Waals surface area contributed by atoms with Gasteiger partial charge in [-0.15, -0.1) is 11.6 Å². The minimum atomic E-state index is 0.198. The van der Waals surface area contributed by atoms with Crippen molar-refractivity contribution in [3.8, 4) is 0 Å². The highest BCUT2D eigenvalue weighted by molar-refractivity contribution is 6.16. The van der Waals surface area contributed by atoms with Crippen molar-refractivity contribution in [2.24, 2.45) is 0 Å². The first-order valence-electron chi connectivity index (χ1n) is 3.37. The van der Waals surface area contributed by atoms with E-state index in [2.05, 4.69) is 15.0 Å². The molecular weight excluding hydrogens is 178 g/mol. The molecular formula is C6H10ClN5. The topological polar surface area (TPSA) is 67.9 Å². The Labute approximate surface area is 75.6 Å². The van der Waals surface area contributed by atoms with Crippen LogP contribution in [-0.4, -0.2) is 29.0 Å². The third-order valence-electron chi connectivity index (χ3n) is 1.21. The first-order valence-corrected chi connectivity index (χ1v) is 3.90. The van der Waals surface area contributed by atoms with Crippen molar-refractivity contribution in [2.45, 2.75) is 5.88 Å². The fourth-order valence-electron chi connectivity index (χ4n) is 0.685. The molecule has 0 aliphatic carbocycles. The molecule has 1 rings (SSSR count). The lowest BCUT2D eigenvalue weighted by molar-refractivity contribution is 0.917. The normalized spacial score (nSPS) is 9.92. The molecule has 2 N–H and O–H groups in total. The average molecular weight is 188 g/mol. The van der Waals surface area contributed by atoms with Gasteiger partial charge < -0.3 is 10.6 Å². The molecule has 0 fully saturated rings. The van der Waals surface area contributed by atoms with Crippen LogP contribution >= 0.6 is 11.6 Å². The molecule has 12 heavy (non-hydrogen) atoms. The van der Waals surface area contributed by atoms with Gasteiger partial charge in [0, 0.05) is 14.1 Å². The highest BCUT2D eigenvalue weighted by atomic mass is 35.5. The summed E-state index contributed by atoms with van der Waals surface area (Å²) in [4.78, 5) is 13.5. The highest BCUT2D eigenvalue weighted by Gasteiger charge is 2.03. The van der Waals surface area contributed by atoms with Crippen LogP contribution in [-0.2, 0) is 5.88 Å². The fraction of sp³-hybridized carbons (Fsp3) is 0.500. The Kier molecular flexibility index (Phi) is 2.65. The largest absolute Gasteiger partial charge is 0.368 e. The lowest BCUT2D eigenvalue weighted by atomic mass is 10.6. The third kappa shape index (κ3) is 1.94. The average Bonchev–Trinajstić information content (AvgIpc) is 2.03. The first kappa shape index (κ1) is 8.99. The minimum Gasteiger partial charge on any atom is -0.368 e. The van der Waals surface area contributed by atoms with E-state index >= 15 is 0 Å². The van der Waals surface area contributed by atoms with Crippen molar-refractivity contribution in [1.29, 1.82) is 0 Å². The van der Waals surface area contributed by atoms with Crippen LogP contribution in [0.4, 0.5) is 11.9 Å². The van der Waals surface area contributed by atoms with E-state index in [1.807, 2.05) is 14.1 Å². The van der Waals surface area contributed by atoms with E-state index in [0.717, 1.165) is 0 Å². The van der Waals surface area contributed by atoms with Gasteiger partial charge in [0.05, 0.1) is 5.88 Å². The maximum Gasteiger partial charge on any atom is 0.229 e.